The molecular formula is C12H12N2O2. The first kappa shape index (κ1) is 10.3. The number of rotatable bonds is 2. The minimum absolute atomic E-state index is 0.231. The Morgan fingerprint density at radius 1 is 1.38 bits per heavy atom. The number of nitrogen functional groups attached to an aromatic ring is 1. The van der Waals surface area contributed by atoms with Gasteiger partial charge in [-0.25, -0.2) is 0 Å². The van der Waals surface area contributed by atoms with E-state index in [1.165, 1.54) is 12.5 Å². The fourth-order valence-corrected chi connectivity index (χ4v) is 1.37. The molecule has 1 aromatic carbocycles. The van der Waals surface area contributed by atoms with E-state index in [-0.39, 0.29) is 5.91 Å². The molecule has 4 heteroatoms. The highest BCUT2D eigenvalue weighted by molar-refractivity contribution is 6.05. The lowest BCUT2D eigenvalue weighted by Crippen LogP contribution is -2.12. The lowest BCUT2D eigenvalue weighted by atomic mass is 10.2. The Kier molecular flexibility index (Phi) is 2.64. The van der Waals surface area contributed by atoms with Crippen LogP contribution >= 0.6 is 0 Å². The van der Waals surface area contributed by atoms with Gasteiger partial charge in [0.15, 0.2) is 0 Å². The summed E-state index contributed by atoms with van der Waals surface area (Å²) in [4.78, 5) is 11.7. The van der Waals surface area contributed by atoms with Gasteiger partial charge in [0.1, 0.15) is 6.26 Å². The van der Waals surface area contributed by atoms with E-state index in [4.69, 9.17) is 10.2 Å². The Morgan fingerprint density at radius 3 is 2.88 bits per heavy atom. The van der Waals surface area contributed by atoms with E-state index >= 15 is 0 Å². The van der Waals surface area contributed by atoms with Gasteiger partial charge in [-0.2, -0.15) is 0 Å². The van der Waals surface area contributed by atoms with Crippen LogP contribution in [0, 0.1) is 6.92 Å². The second-order valence-electron chi connectivity index (χ2n) is 3.56. The quantitative estimate of drug-likeness (QED) is 0.757. The zero-order valence-corrected chi connectivity index (χ0v) is 8.86. The number of anilines is 2. The molecule has 1 amide bonds. The van der Waals surface area contributed by atoms with E-state index < -0.39 is 0 Å². The smallest absolute Gasteiger partial charge is 0.258 e. The fraction of sp³-hybridized carbons (Fsp3) is 0.0833. The van der Waals surface area contributed by atoms with Crippen molar-refractivity contribution in [2.45, 2.75) is 6.92 Å². The van der Waals surface area contributed by atoms with Crippen LogP contribution in [0.15, 0.2) is 41.2 Å². The molecule has 16 heavy (non-hydrogen) atoms. The number of nitrogens with two attached hydrogens (primary N) is 1. The van der Waals surface area contributed by atoms with E-state index in [1.54, 1.807) is 12.1 Å². The maximum Gasteiger partial charge on any atom is 0.258 e. The Hall–Kier alpha value is -2.23. The molecule has 0 saturated carbocycles. The molecule has 2 aromatic rings. The van der Waals surface area contributed by atoms with Gasteiger partial charge in [0.2, 0.25) is 0 Å². The van der Waals surface area contributed by atoms with Gasteiger partial charge in [-0.05, 0) is 30.7 Å². The summed E-state index contributed by atoms with van der Waals surface area (Å²) >= 11 is 0. The van der Waals surface area contributed by atoms with Crippen molar-refractivity contribution in [3.63, 3.8) is 0 Å². The van der Waals surface area contributed by atoms with Crippen LogP contribution in [0.2, 0.25) is 0 Å². The SMILES string of the molecule is Cc1ccc(N)c(NC(=O)c2ccoc2)c1. The van der Waals surface area contributed by atoms with Crippen LogP contribution in [0.3, 0.4) is 0 Å². The van der Waals surface area contributed by atoms with Crippen LogP contribution in [0.5, 0.6) is 0 Å². The molecule has 0 atom stereocenters. The fourth-order valence-electron chi connectivity index (χ4n) is 1.37. The average Bonchev–Trinajstić information content (AvgIpc) is 2.76. The first-order chi connectivity index (χ1) is 7.66. The summed E-state index contributed by atoms with van der Waals surface area (Å²) in [7, 11) is 0. The first-order valence-electron chi connectivity index (χ1n) is 4.86. The summed E-state index contributed by atoms with van der Waals surface area (Å²) in [5.41, 5.74) is 8.43. The molecule has 0 aliphatic heterocycles. The topological polar surface area (TPSA) is 68.3 Å². The summed E-state index contributed by atoms with van der Waals surface area (Å²) in [6.07, 6.45) is 2.84. The van der Waals surface area contributed by atoms with E-state index in [2.05, 4.69) is 5.32 Å². The summed E-state index contributed by atoms with van der Waals surface area (Å²) < 4.78 is 4.84. The minimum Gasteiger partial charge on any atom is -0.472 e. The number of amides is 1. The van der Waals surface area contributed by atoms with Crippen molar-refractivity contribution in [2.75, 3.05) is 11.1 Å². The van der Waals surface area contributed by atoms with Crippen molar-refractivity contribution in [3.8, 4) is 0 Å². The molecule has 1 heterocycles. The number of carbonyl (C=O) groups excluding carboxylic acids is 1. The van der Waals surface area contributed by atoms with E-state index in [1.807, 2.05) is 19.1 Å². The van der Waals surface area contributed by atoms with Crippen molar-refractivity contribution in [1.29, 1.82) is 0 Å². The second-order valence-corrected chi connectivity index (χ2v) is 3.56. The van der Waals surface area contributed by atoms with Crippen molar-refractivity contribution >= 4 is 17.3 Å². The first-order valence-corrected chi connectivity index (χ1v) is 4.86. The molecule has 0 unspecified atom stereocenters. The van der Waals surface area contributed by atoms with Gasteiger partial charge >= 0.3 is 0 Å². The van der Waals surface area contributed by atoms with Crippen molar-refractivity contribution in [3.05, 3.63) is 47.9 Å². The average molecular weight is 216 g/mol. The van der Waals surface area contributed by atoms with E-state index in [9.17, 15) is 4.79 Å². The van der Waals surface area contributed by atoms with Gasteiger partial charge < -0.3 is 15.5 Å². The normalized spacial score (nSPS) is 10.1. The van der Waals surface area contributed by atoms with Crippen LogP contribution in [0.4, 0.5) is 11.4 Å². The lowest BCUT2D eigenvalue weighted by Gasteiger charge is -2.07. The van der Waals surface area contributed by atoms with Gasteiger partial charge in [-0.3, -0.25) is 4.79 Å². The molecule has 3 N–H and O–H groups in total. The highest BCUT2D eigenvalue weighted by Crippen LogP contribution is 2.20. The molecular weight excluding hydrogens is 204 g/mol. The molecule has 4 nitrogen and oxygen atoms in total. The Labute approximate surface area is 93.1 Å². The monoisotopic (exact) mass is 216 g/mol. The van der Waals surface area contributed by atoms with Crippen LogP contribution in [-0.4, -0.2) is 5.91 Å². The number of aryl methyl sites for hydroxylation is 1. The highest BCUT2D eigenvalue weighted by Gasteiger charge is 2.08. The lowest BCUT2D eigenvalue weighted by molar-refractivity contribution is 0.102. The molecule has 2 rings (SSSR count). The van der Waals surface area contributed by atoms with Gasteiger partial charge in [0, 0.05) is 0 Å². The second kappa shape index (κ2) is 4.10. The number of furan rings is 1. The number of carbonyl (C=O) groups is 1. The standard InChI is InChI=1S/C12H12N2O2/c1-8-2-3-10(13)11(6-8)14-12(15)9-4-5-16-7-9/h2-7H,13H2,1H3,(H,14,15). The van der Waals surface area contributed by atoms with Crippen molar-refractivity contribution in [2.24, 2.45) is 0 Å². The van der Waals surface area contributed by atoms with Crippen LogP contribution < -0.4 is 11.1 Å². The predicted octanol–water partition coefficient (Wildman–Crippen LogP) is 2.42. The number of hydrogen-bond donors (Lipinski definition) is 2. The molecule has 1 aromatic heterocycles. The molecule has 0 bridgehead atoms. The van der Waals surface area contributed by atoms with Crippen LogP contribution in [0.25, 0.3) is 0 Å². The molecule has 82 valence electrons. The maximum atomic E-state index is 11.7. The van der Waals surface area contributed by atoms with Gasteiger partial charge in [-0.1, -0.05) is 6.07 Å². The summed E-state index contributed by atoms with van der Waals surface area (Å²) in [5, 5.41) is 2.73. The Bertz CT molecular complexity index is 504. The third-order valence-electron chi connectivity index (χ3n) is 2.24. The maximum absolute atomic E-state index is 11.7. The minimum atomic E-state index is -0.231. The van der Waals surface area contributed by atoms with Gasteiger partial charge in [-0.15, -0.1) is 0 Å². The third kappa shape index (κ3) is 2.06. The molecule has 0 aliphatic carbocycles. The molecule has 0 saturated heterocycles. The summed E-state index contributed by atoms with van der Waals surface area (Å²) in [6, 6.07) is 7.08. The van der Waals surface area contributed by atoms with Crippen LogP contribution in [-0.2, 0) is 0 Å². The summed E-state index contributed by atoms with van der Waals surface area (Å²) in [5.74, 6) is -0.231. The predicted molar refractivity (Wildman–Crippen MR) is 62.3 cm³/mol. The zero-order chi connectivity index (χ0) is 11.5. The van der Waals surface area contributed by atoms with Crippen molar-refractivity contribution in [1.82, 2.24) is 0 Å². The zero-order valence-electron chi connectivity index (χ0n) is 8.86. The molecule has 0 radical (unpaired) electrons. The van der Waals surface area contributed by atoms with Gasteiger partial charge in [0.25, 0.3) is 5.91 Å². The molecule has 0 aliphatic rings. The Balaban J connectivity index is 2.21. The van der Waals surface area contributed by atoms with Gasteiger partial charge in [0.05, 0.1) is 23.2 Å². The molecule has 0 fully saturated rings. The number of benzene rings is 1. The Morgan fingerprint density at radius 2 is 2.19 bits per heavy atom. The number of nitrogens with one attached hydrogen (secondary N) is 1. The summed E-state index contributed by atoms with van der Waals surface area (Å²) in [6.45, 7) is 1.94. The van der Waals surface area contributed by atoms with E-state index in [0.717, 1.165) is 5.56 Å². The largest absolute Gasteiger partial charge is 0.472 e. The third-order valence-corrected chi connectivity index (χ3v) is 2.24. The van der Waals surface area contributed by atoms with E-state index in [0.29, 0.717) is 16.9 Å². The highest BCUT2D eigenvalue weighted by atomic mass is 16.3. The van der Waals surface area contributed by atoms with Crippen LogP contribution in [0.1, 0.15) is 15.9 Å². The van der Waals surface area contributed by atoms with Crippen molar-refractivity contribution < 1.29 is 9.21 Å². The molecule has 0 spiro atoms. The number of hydrogen-bond acceptors (Lipinski definition) is 3.